The predicted molar refractivity (Wildman–Crippen MR) is 137 cm³/mol. The first kappa shape index (κ1) is 29.4. The van der Waals surface area contributed by atoms with Crippen molar-refractivity contribution in [2.75, 3.05) is 0 Å². The summed E-state index contributed by atoms with van der Waals surface area (Å²) < 4.78 is 14.6. The molecule has 0 saturated carbocycles. The topological polar surface area (TPSA) is 18.5 Å². The third kappa shape index (κ3) is 6.67. The van der Waals surface area contributed by atoms with Crippen molar-refractivity contribution in [3.8, 4) is 0 Å². The summed E-state index contributed by atoms with van der Waals surface area (Å²) in [6.07, 6.45) is 0. The zero-order valence-corrected chi connectivity index (χ0v) is 25.5. The molecule has 0 fully saturated rings. The van der Waals surface area contributed by atoms with Crippen LogP contribution in [0.3, 0.4) is 0 Å². The Labute approximate surface area is 187 Å². The highest BCUT2D eigenvalue weighted by molar-refractivity contribution is 6.96. The quantitative estimate of drug-likeness (QED) is 0.402. The van der Waals surface area contributed by atoms with E-state index in [9.17, 15) is 0 Å². The summed E-state index contributed by atoms with van der Waals surface area (Å²) in [5.41, 5.74) is 0.753. The molecule has 2 nitrogen and oxygen atoms in total. The second-order valence-electron chi connectivity index (χ2n) is 15.3. The summed E-state index contributed by atoms with van der Waals surface area (Å²) in [6.45, 7) is 42.4. The first-order valence-electron chi connectivity index (χ1n) is 11.5. The van der Waals surface area contributed by atoms with Crippen LogP contribution in [0, 0.1) is 0 Å². The van der Waals surface area contributed by atoms with Crippen LogP contribution in [0.1, 0.15) is 125 Å². The molecule has 0 spiro atoms. The van der Waals surface area contributed by atoms with E-state index in [4.69, 9.17) is 8.85 Å². The van der Waals surface area contributed by atoms with E-state index in [1.165, 1.54) is 0 Å². The van der Waals surface area contributed by atoms with E-state index in [1.807, 2.05) is 0 Å². The number of rotatable bonds is 4. The molecule has 0 aliphatic rings. The Balaban J connectivity index is 7.24. The van der Waals surface area contributed by atoms with Crippen LogP contribution >= 0.6 is 0 Å². The SMILES string of the molecule is CC(C)(C)O[Si](C[Si](OC(C)(C)C)(C(C)(C)C)C(C)(C)C)(C(C)(C)C)C(C)(C)C. The number of hydrogen-bond acceptors (Lipinski definition) is 2. The minimum absolute atomic E-state index is 0.0918. The van der Waals surface area contributed by atoms with Gasteiger partial charge < -0.3 is 8.85 Å². The van der Waals surface area contributed by atoms with Crippen molar-refractivity contribution in [3.63, 3.8) is 0 Å². The minimum atomic E-state index is -2.35. The number of hydrogen-bond donors (Lipinski definition) is 0. The Kier molecular flexibility index (Phi) is 8.14. The van der Waals surface area contributed by atoms with Gasteiger partial charge in [-0.1, -0.05) is 83.1 Å². The first-order chi connectivity index (χ1) is 12.1. The van der Waals surface area contributed by atoms with Crippen LogP contribution in [-0.4, -0.2) is 27.8 Å². The molecule has 0 N–H and O–H groups in total. The lowest BCUT2D eigenvalue weighted by Crippen LogP contribution is -2.68. The van der Waals surface area contributed by atoms with Crippen molar-refractivity contribution in [1.29, 1.82) is 0 Å². The molecule has 0 rings (SSSR count). The molecule has 0 aromatic rings. The second kappa shape index (κ2) is 8.04. The molecule has 0 radical (unpaired) electrons. The Morgan fingerprint density at radius 3 is 0.655 bits per heavy atom. The van der Waals surface area contributed by atoms with E-state index in [-0.39, 0.29) is 31.4 Å². The molecular weight excluding hydrogens is 388 g/mol. The molecule has 0 aliphatic carbocycles. The van der Waals surface area contributed by atoms with Crippen LogP contribution in [-0.2, 0) is 8.85 Å². The molecule has 0 aromatic heterocycles. The van der Waals surface area contributed by atoms with Gasteiger partial charge in [-0.25, -0.2) is 0 Å². The van der Waals surface area contributed by atoms with Crippen LogP contribution in [0.25, 0.3) is 0 Å². The Bertz CT molecular complexity index is 460. The summed E-state index contributed by atoms with van der Waals surface area (Å²) in [5, 5.41) is 0.367. The highest BCUT2D eigenvalue weighted by Gasteiger charge is 2.67. The van der Waals surface area contributed by atoms with E-state index in [0.717, 1.165) is 5.67 Å². The lowest BCUT2D eigenvalue weighted by Gasteiger charge is -2.62. The highest BCUT2D eigenvalue weighted by Crippen LogP contribution is 2.63. The lowest BCUT2D eigenvalue weighted by molar-refractivity contribution is 0.0855. The van der Waals surface area contributed by atoms with Gasteiger partial charge in [-0.3, -0.25) is 0 Å². The Morgan fingerprint density at radius 1 is 0.379 bits per heavy atom. The summed E-state index contributed by atoms with van der Waals surface area (Å²) >= 11 is 0. The van der Waals surface area contributed by atoms with Crippen molar-refractivity contribution >= 4 is 16.6 Å². The van der Waals surface area contributed by atoms with E-state index < -0.39 is 16.6 Å². The maximum Gasteiger partial charge on any atom is 0.203 e. The van der Waals surface area contributed by atoms with Crippen molar-refractivity contribution in [3.05, 3.63) is 0 Å². The van der Waals surface area contributed by atoms with Gasteiger partial charge in [-0.2, -0.15) is 0 Å². The normalized spacial score (nSPS) is 16.3. The van der Waals surface area contributed by atoms with Gasteiger partial charge >= 0.3 is 0 Å². The van der Waals surface area contributed by atoms with Crippen LogP contribution < -0.4 is 0 Å². The third-order valence-corrected chi connectivity index (χ3v) is 21.9. The van der Waals surface area contributed by atoms with Crippen molar-refractivity contribution in [1.82, 2.24) is 0 Å². The van der Waals surface area contributed by atoms with Gasteiger partial charge in [0.05, 0.1) is 0 Å². The van der Waals surface area contributed by atoms with E-state index >= 15 is 0 Å². The van der Waals surface area contributed by atoms with Gasteiger partial charge in [0.25, 0.3) is 0 Å². The van der Waals surface area contributed by atoms with Crippen LogP contribution in [0.15, 0.2) is 0 Å². The average Bonchev–Trinajstić information content (AvgIpc) is 2.27. The molecule has 0 amide bonds. The summed E-state index contributed by atoms with van der Waals surface area (Å²) in [4.78, 5) is 0. The molecule has 0 atom stereocenters. The summed E-state index contributed by atoms with van der Waals surface area (Å²) in [6, 6.07) is 0. The summed E-state index contributed by atoms with van der Waals surface area (Å²) in [7, 11) is -4.70. The van der Waals surface area contributed by atoms with E-state index in [1.54, 1.807) is 0 Å². The van der Waals surface area contributed by atoms with Gasteiger partial charge in [-0.15, -0.1) is 0 Å². The van der Waals surface area contributed by atoms with Crippen LogP contribution in [0.2, 0.25) is 25.8 Å². The van der Waals surface area contributed by atoms with Gasteiger partial charge in [-0.05, 0) is 67.4 Å². The summed E-state index contributed by atoms with van der Waals surface area (Å²) in [5.74, 6) is 0. The molecule has 0 unspecified atom stereocenters. The fourth-order valence-corrected chi connectivity index (χ4v) is 25.1. The molecule has 29 heavy (non-hydrogen) atoms. The minimum Gasteiger partial charge on any atom is -0.411 e. The smallest absolute Gasteiger partial charge is 0.203 e. The largest absolute Gasteiger partial charge is 0.411 e. The maximum atomic E-state index is 7.31. The maximum absolute atomic E-state index is 7.31. The molecular formula is C25H56O2Si2. The van der Waals surface area contributed by atoms with E-state index in [0.29, 0.717) is 0 Å². The molecule has 176 valence electrons. The Morgan fingerprint density at radius 2 is 0.552 bits per heavy atom. The zero-order valence-electron chi connectivity index (χ0n) is 23.5. The molecule has 0 aliphatic heterocycles. The van der Waals surface area contributed by atoms with Crippen molar-refractivity contribution in [2.24, 2.45) is 0 Å². The third-order valence-electron chi connectivity index (χ3n) is 6.30. The Hall–Kier alpha value is 0.354. The van der Waals surface area contributed by atoms with Crippen LogP contribution in [0.5, 0.6) is 0 Å². The van der Waals surface area contributed by atoms with Gasteiger partial charge in [0, 0.05) is 11.2 Å². The zero-order chi connectivity index (χ0) is 24.1. The molecule has 0 aromatic carbocycles. The van der Waals surface area contributed by atoms with E-state index in [2.05, 4.69) is 125 Å². The fourth-order valence-electron chi connectivity index (χ4n) is 5.39. The standard InChI is InChI=1S/C25H56O2Si2/c1-20(2,3)26-28(22(7,8)9,23(10,11)12)19-29(24(13,14)15,25(16,17)18)27-21(4,5)6/h19H2,1-18H3. The average molecular weight is 445 g/mol. The van der Waals surface area contributed by atoms with Gasteiger partial charge in [0.2, 0.25) is 16.6 Å². The van der Waals surface area contributed by atoms with Crippen molar-refractivity contribution < 1.29 is 8.85 Å². The van der Waals surface area contributed by atoms with Crippen LogP contribution in [0.4, 0.5) is 0 Å². The first-order valence-corrected chi connectivity index (χ1v) is 15.8. The predicted octanol–water partition coefficient (Wildman–Crippen LogP) is 9.25. The van der Waals surface area contributed by atoms with Gasteiger partial charge in [0.15, 0.2) is 0 Å². The van der Waals surface area contributed by atoms with Crippen molar-refractivity contribution in [2.45, 2.75) is 162 Å². The highest BCUT2D eigenvalue weighted by atomic mass is 28.4. The monoisotopic (exact) mass is 444 g/mol. The molecule has 0 bridgehead atoms. The molecule has 4 heteroatoms. The molecule has 0 heterocycles. The fraction of sp³-hybridized carbons (Fsp3) is 1.00. The van der Waals surface area contributed by atoms with Gasteiger partial charge in [0.1, 0.15) is 0 Å². The molecule has 0 saturated heterocycles. The second-order valence-corrected chi connectivity index (χ2v) is 26.4. The lowest BCUT2D eigenvalue weighted by atomic mass is 10.2.